The lowest BCUT2D eigenvalue weighted by Crippen LogP contribution is -2.45. The lowest BCUT2D eigenvalue weighted by molar-refractivity contribution is -0.125. The second-order valence-corrected chi connectivity index (χ2v) is 9.36. The summed E-state index contributed by atoms with van der Waals surface area (Å²) in [5.41, 5.74) is 2.95. The van der Waals surface area contributed by atoms with Gasteiger partial charge in [-0.15, -0.1) is 0 Å². The van der Waals surface area contributed by atoms with Gasteiger partial charge in [0.1, 0.15) is 11.2 Å². The molecule has 3 heterocycles. The molecule has 2 aromatic carbocycles. The number of aryl methyl sites for hydroxylation is 1. The van der Waals surface area contributed by atoms with E-state index in [0.717, 1.165) is 42.5 Å². The van der Waals surface area contributed by atoms with Gasteiger partial charge in [0, 0.05) is 42.6 Å². The molecule has 2 saturated heterocycles. The Labute approximate surface area is 197 Å². The SMILES string of the molecule is Cc1cc(NC(=O)C2(c3nc4ccc(Cl)cc4[nH]3)CCOCC2)ccc1C(=O)N1CCCC1. The van der Waals surface area contributed by atoms with Crippen LogP contribution >= 0.6 is 11.6 Å². The standard InChI is InChI=1S/C25H27ClN4O3/c1-16-14-18(5-6-19(16)22(31)30-10-2-3-11-30)27-24(32)25(8-12-33-13-9-25)23-28-20-7-4-17(26)15-21(20)29-23/h4-7,14-15H,2-3,8-13H2,1H3,(H,27,32)(H,28,29). The van der Waals surface area contributed by atoms with Gasteiger partial charge < -0.3 is 19.9 Å². The summed E-state index contributed by atoms with van der Waals surface area (Å²) < 4.78 is 5.56. The van der Waals surface area contributed by atoms with Crippen molar-refractivity contribution < 1.29 is 14.3 Å². The first-order valence-electron chi connectivity index (χ1n) is 11.4. The average molecular weight is 467 g/mol. The molecule has 3 aromatic rings. The van der Waals surface area contributed by atoms with Gasteiger partial charge in [-0.1, -0.05) is 11.6 Å². The minimum atomic E-state index is -0.832. The molecule has 0 spiro atoms. The first-order chi connectivity index (χ1) is 16.0. The van der Waals surface area contributed by atoms with Gasteiger partial charge in [0.25, 0.3) is 5.91 Å². The van der Waals surface area contributed by atoms with Crippen LogP contribution in [0.2, 0.25) is 5.02 Å². The summed E-state index contributed by atoms with van der Waals surface area (Å²) >= 11 is 6.14. The molecule has 2 N–H and O–H groups in total. The van der Waals surface area contributed by atoms with Crippen LogP contribution in [0.25, 0.3) is 11.0 Å². The maximum absolute atomic E-state index is 13.6. The lowest BCUT2D eigenvalue weighted by atomic mass is 9.78. The van der Waals surface area contributed by atoms with Crippen molar-refractivity contribution in [2.24, 2.45) is 0 Å². The monoisotopic (exact) mass is 466 g/mol. The molecular formula is C25H27ClN4O3. The van der Waals surface area contributed by atoms with Crippen molar-refractivity contribution in [3.8, 4) is 0 Å². The minimum Gasteiger partial charge on any atom is -0.381 e. The van der Waals surface area contributed by atoms with Crippen LogP contribution in [0.1, 0.15) is 47.4 Å². The summed E-state index contributed by atoms with van der Waals surface area (Å²) in [5.74, 6) is 0.553. The number of anilines is 1. The van der Waals surface area contributed by atoms with E-state index in [4.69, 9.17) is 21.3 Å². The molecule has 7 nitrogen and oxygen atoms in total. The summed E-state index contributed by atoms with van der Waals surface area (Å²) in [4.78, 5) is 36.4. The third-order valence-corrected chi connectivity index (χ3v) is 7.02. The van der Waals surface area contributed by atoms with Crippen molar-refractivity contribution in [3.05, 3.63) is 58.4 Å². The molecule has 0 aliphatic carbocycles. The molecule has 0 bridgehead atoms. The van der Waals surface area contributed by atoms with Crippen LogP contribution in [0, 0.1) is 6.92 Å². The number of ether oxygens (including phenoxy) is 1. The summed E-state index contributed by atoms with van der Waals surface area (Å²) in [6.07, 6.45) is 3.16. The summed E-state index contributed by atoms with van der Waals surface area (Å²) in [6.45, 7) is 4.49. The van der Waals surface area contributed by atoms with E-state index in [9.17, 15) is 9.59 Å². The zero-order valence-electron chi connectivity index (χ0n) is 18.6. The Morgan fingerprint density at radius 2 is 1.88 bits per heavy atom. The van der Waals surface area contributed by atoms with Gasteiger partial charge in [0.2, 0.25) is 5.91 Å². The van der Waals surface area contributed by atoms with Gasteiger partial charge in [-0.05, 0) is 74.6 Å². The quantitative estimate of drug-likeness (QED) is 0.594. The number of nitrogens with one attached hydrogen (secondary N) is 2. The highest BCUT2D eigenvalue weighted by Gasteiger charge is 2.44. The highest BCUT2D eigenvalue weighted by atomic mass is 35.5. The van der Waals surface area contributed by atoms with E-state index in [1.54, 1.807) is 12.1 Å². The molecule has 8 heteroatoms. The number of hydrogen-bond acceptors (Lipinski definition) is 4. The normalized spacial score (nSPS) is 17.9. The van der Waals surface area contributed by atoms with E-state index >= 15 is 0 Å². The van der Waals surface area contributed by atoms with Gasteiger partial charge in [-0.25, -0.2) is 4.98 Å². The minimum absolute atomic E-state index is 0.0599. The Bertz CT molecular complexity index is 1210. The predicted octanol–water partition coefficient (Wildman–Crippen LogP) is 4.45. The first-order valence-corrected chi connectivity index (χ1v) is 11.8. The maximum Gasteiger partial charge on any atom is 0.254 e. The van der Waals surface area contributed by atoms with Crippen LogP contribution in [0.3, 0.4) is 0 Å². The number of amides is 2. The Kier molecular flexibility index (Phi) is 5.85. The zero-order valence-corrected chi connectivity index (χ0v) is 19.4. The fourth-order valence-electron chi connectivity index (χ4n) is 4.82. The molecule has 33 heavy (non-hydrogen) atoms. The van der Waals surface area contributed by atoms with E-state index in [1.807, 2.05) is 36.1 Å². The molecule has 0 saturated carbocycles. The van der Waals surface area contributed by atoms with E-state index in [0.29, 0.717) is 48.2 Å². The molecule has 0 unspecified atom stereocenters. The fourth-order valence-corrected chi connectivity index (χ4v) is 4.99. The van der Waals surface area contributed by atoms with Crippen LogP contribution in [0.15, 0.2) is 36.4 Å². The number of aromatic amines is 1. The lowest BCUT2D eigenvalue weighted by Gasteiger charge is -2.34. The van der Waals surface area contributed by atoms with Gasteiger partial charge in [0.05, 0.1) is 11.0 Å². The molecule has 2 aliphatic heterocycles. The van der Waals surface area contributed by atoms with Crippen molar-refractivity contribution in [2.75, 3.05) is 31.6 Å². The van der Waals surface area contributed by atoms with Crippen molar-refractivity contribution in [1.29, 1.82) is 0 Å². The van der Waals surface area contributed by atoms with E-state index in [1.165, 1.54) is 0 Å². The topological polar surface area (TPSA) is 87.3 Å². The molecule has 5 rings (SSSR count). The second kappa shape index (κ2) is 8.80. The zero-order chi connectivity index (χ0) is 23.0. The Morgan fingerprint density at radius 3 is 2.61 bits per heavy atom. The van der Waals surface area contributed by atoms with Crippen molar-refractivity contribution in [3.63, 3.8) is 0 Å². The Balaban J connectivity index is 1.42. The molecule has 172 valence electrons. The molecule has 0 atom stereocenters. The van der Waals surface area contributed by atoms with Gasteiger partial charge >= 0.3 is 0 Å². The summed E-state index contributed by atoms with van der Waals surface area (Å²) in [5, 5.41) is 3.69. The molecule has 2 fully saturated rings. The highest BCUT2D eigenvalue weighted by Crippen LogP contribution is 2.36. The highest BCUT2D eigenvalue weighted by molar-refractivity contribution is 6.31. The Hall–Kier alpha value is -2.90. The smallest absolute Gasteiger partial charge is 0.254 e. The number of H-pyrrole nitrogens is 1. The summed E-state index contributed by atoms with van der Waals surface area (Å²) in [7, 11) is 0. The number of fused-ring (bicyclic) bond motifs is 1. The molecule has 0 radical (unpaired) electrons. The van der Waals surface area contributed by atoms with Crippen LogP contribution in [0.5, 0.6) is 0 Å². The van der Waals surface area contributed by atoms with Crippen molar-refractivity contribution in [1.82, 2.24) is 14.9 Å². The van der Waals surface area contributed by atoms with Crippen molar-refractivity contribution >= 4 is 40.1 Å². The number of nitrogens with zero attached hydrogens (tertiary/aromatic N) is 2. The van der Waals surface area contributed by atoms with E-state index < -0.39 is 5.41 Å². The molecular weight excluding hydrogens is 440 g/mol. The first kappa shape index (κ1) is 21.9. The van der Waals surface area contributed by atoms with Crippen molar-refractivity contribution in [2.45, 2.75) is 38.0 Å². The third-order valence-electron chi connectivity index (χ3n) is 6.79. The van der Waals surface area contributed by atoms with E-state index in [-0.39, 0.29) is 11.8 Å². The number of halogens is 1. The van der Waals surface area contributed by atoms with Crippen LogP contribution in [-0.4, -0.2) is 53.0 Å². The number of aromatic nitrogens is 2. The van der Waals surface area contributed by atoms with Crippen LogP contribution < -0.4 is 5.32 Å². The maximum atomic E-state index is 13.6. The number of carbonyl (C=O) groups excluding carboxylic acids is 2. The number of carbonyl (C=O) groups is 2. The molecule has 1 aromatic heterocycles. The third kappa shape index (κ3) is 4.11. The molecule has 2 amide bonds. The number of hydrogen-bond donors (Lipinski definition) is 2. The number of rotatable bonds is 4. The van der Waals surface area contributed by atoms with E-state index in [2.05, 4.69) is 10.3 Å². The largest absolute Gasteiger partial charge is 0.381 e. The van der Waals surface area contributed by atoms with Gasteiger partial charge in [0.15, 0.2) is 0 Å². The Morgan fingerprint density at radius 1 is 1.12 bits per heavy atom. The fraction of sp³-hybridized carbons (Fsp3) is 0.400. The number of likely N-dealkylation sites (tertiary alicyclic amines) is 1. The average Bonchev–Trinajstić information content (AvgIpc) is 3.49. The predicted molar refractivity (Wildman–Crippen MR) is 128 cm³/mol. The van der Waals surface area contributed by atoms with Crippen LogP contribution in [-0.2, 0) is 14.9 Å². The summed E-state index contributed by atoms with van der Waals surface area (Å²) in [6, 6.07) is 10.9. The van der Waals surface area contributed by atoms with Gasteiger partial charge in [-0.3, -0.25) is 9.59 Å². The molecule has 2 aliphatic rings. The number of benzene rings is 2. The number of imidazole rings is 1. The second-order valence-electron chi connectivity index (χ2n) is 8.92. The van der Waals surface area contributed by atoms with Gasteiger partial charge in [-0.2, -0.15) is 0 Å². The van der Waals surface area contributed by atoms with Crippen LogP contribution in [0.4, 0.5) is 5.69 Å².